The second kappa shape index (κ2) is 13.3. The molecule has 3 rings (SSSR count). The molecule has 0 radical (unpaired) electrons. The minimum atomic E-state index is -4.19. The summed E-state index contributed by atoms with van der Waals surface area (Å²) in [7, 11) is -2.74. The Hall–Kier alpha value is -3.08. The van der Waals surface area contributed by atoms with E-state index in [2.05, 4.69) is 21.2 Å². The molecule has 0 aromatic heterocycles. The number of benzene rings is 3. The number of carbonyl (C=O) groups excluding carboxylic acids is 2. The van der Waals surface area contributed by atoms with Crippen LogP contribution in [0, 0.1) is 6.92 Å². The molecule has 1 N–H and O–H groups in total. The molecule has 3 aromatic rings. The number of likely N-dealkylation sites (N-methyl/N-ethyl adjacent to an activating group) is 1. The smallest absolute Gasteiger partial charge is 0.264 e. The van der Waals surface area contributed by atoms with E-state index in [1.54, 1.807) is 26.0 Å². The van der Waals surface area contributed by atoms with Gasteiger partial charge in [-0.05, 0) is 68.8 Å². The Kier molecular flexibility index (Phi) is 10.4. The van der Waals surface area contributed by atoms with Crippen LogP contribution < -0.4 is 14.4 Å². The lowest BCUT2D eigenvalue weighted by atomic mass is 10.1. The van der Waals surface area contributed by atoms with Crippen LogP contribution in [0.1, 0.15) is 25.0 Å². The Balaban J connectivity index is 2.07. The summed E-state index contributed by atoms with van der Waals surface area (Å²) in [6.45, 7) is 5.18. The van der Waals surface area contributed by atoms with Crippen molar-refractivity contribution in [3.8, 4) is 5.75 Å². The number of amides is 2. The minimum Gasteiger partial charge on any atom is -0.495 e. The molecule has 0 aliphatic carbocycles. The van der Waals surface area contributed by atoms with Crippen LogP contribution in [0.3, 0.4) is 0 Å². The number of aryl methyl sites for hydroxylation is 1. The van der Waals surface area contributed by atoms with Gasteiger partial charge in [-0.3, -0.25) is 13.9 Å². The summed E-state index contributed by atoms with van der Waals surface area (Å²) in [4.78, 5) is 28.1. The van der Waals surface area contributed by atoms with Gasteiger partial charge in [-0.25, -0.2) is 8.42 Å². The van der Waals surface area contributed by atoms with E-state index in [1.165, 1.54) is 42.3 Å². The van der Waals surface area contributed by atoms with Crippen molar-refractivity contribution >= 4 is 55.1 Å². The first kappa shape index (κ1) is 30.5. The van der Waals surface area contributed by atoms with Gasteiger partial charge < -0.3 is 15.0 Å². The zero-order valence-electron chi connectivity index (χ0n) is 22.1. The van der Waals surface area contributed by atoms with E-state index in [9.17, 15) is 18.0 Å². The van der Waals surface area contributed by atoms with Gasteiger partial charge in [0, 0.05) is 17.6 Å². The molecule has 0 aliphatic rings. The van der Waals surface area contributed by atoms with Gasteiger partial charge in [0.1, 0.15) is 18.3 Å². The third-order valence-corrected chi connectivity index (χ3v) is 8.65. The number of rotatable bonds is 11. The first-order valence-electron chi connectivity index (χ1n) is 12.2. The third-order valence-electron chi connectivity index (χ3n) is 6.07. The Bertz CT molecular complexity index is 1430. The second-order valence-electron chi connectivity index (χ2n) is 8.87. The molecule has 8 nitrogen and oxygen atoms in total. The Morgan fingerprint density at radius 3 is 2.36 bits per heavy atom. The number of anilines is 1. The average Bonchev–Trinajstić information content (AvgIpc) is 2.90. The van der Waals surface area contributed by atoms with Gasteiger partial charge in [-0.2, -0.15) is 0 Å². The summed E-state index contributed by atoms with van der Waals surface area (Å²) >= 11 is 9.77. The lowest BCUT2D eigenvalue weighted by Crippen LogP contribution is -2.51. The summed E-state index contributed by atoms with van der Waals surface area (Å²) in [6, 6.07) is 17.3. The first-order valence-corrected chi connectivity index (χ1v) is 14.8. The van der Waals surface area contributed by atoms with Crippen molar-refractivity contribution in [2.24, 2.45) is 0 Å². The fourth-order valence-corrected chi connectivity index (χ4v) is 6.02. The number of ether oxygens (including phenoxy) is 1. The van der Waals surface area contributed by atoms with Crippen LogP contribution in [0.2, 0.25) is 5.02 Å². The molecule has 39 heavy (non-hydrogen) atoms. The van der Waals surface area contributed by atoms with E-state index < -0.39 is 28.5 Å². The quantitative estimate of drug-likeness (QED) is 0.314. The van der Waals surface area contributed by atoms with Gasteiger partial charge in [0.15, 0.2) is 0 Å². The van der Waals surface area contributed by atoms with E-state index in [0.29, 0.717) is 12.3 Å². The minimum absolute atomic E-state index is 0.0168. The Morgan fingerprint density at radius 1 is 1.08 bits per heavy atom. The molecular weight excluding hydrogens is 606 g/mol. The molecule has 3 aromatic carbocycles. The highest BCUT2D eigenvalue weighted by molar-refractivity contribution is 9.10. The van der Waals surface area contributed by atoms with Crippen molar-refractivity contribution in [2.45, 2.75) is 38.3 Å². The lowest BCUT2D eigenvalue weighted by Gasteiger charge is -2.32. The Morgan fingerprint density at radius 2 is 1.77 bits per heavy atom. The normalized spacial score (nSPS) is 11.9. The predicted molar refractivity (Wildman–Crippen MR) is 157 cm³/mol. The first-order chi connectivity index (χ1) is 18.5. The van der Waals surface area contributed by atoms with Crippen LogP contribution in [-0.4, -0.2) is 51.4 Å². The maximum absolute atomic E-state index is 13.9. The number of nitrogens with one attached hydrogen (secondary N) is 1. The number of sulfonamides is 1. The highest BCUT2D eigenvalue weighted by Crippen LogP contribution is 2.32. The van der Waals surface area contributed by atoms with E-state index in [1.807, 2.05) is 31.2 Å². The van der Waals surface area contributed by atoms with Crippen LogP contribution in [0.15, 0.2) is 76.1 Å². The average molecular weight is 637 g/mol. The fraction of sp³-hybridized carbons (Fsp3) is 0.286. The van der Waals surface area contributed by atoms with Crippen LogP contribution >= 0.6 is 27.5 Å². The van der Waals surface area contributed by atoms with Crippen molar-refractivity contribution < 1.29 is 22.7 Å². The van der Waals surface area contributed by atoms with Crippen molar-refractivity contribution in [3.05, 3.63) is 87.4 Å². The molecule has 208 valence electrons. The molecule has 0 spiro atoms. The highest BCUT2D eigenvalue weighted by atomic mass is 79.9. The zero-order chi connectivity index (χ0) is 28.7. The monoisotopic (exact) mass is 635 g/mol. The second-order valence-corrected chi connectivity index (χ2v) is 12.1. The van der Waals surface area contributed by atoms with Gasteiger partial charge in [0.25, 0.3) is 10.0 Å². The van der Waals surface area contributed by atoms with Crippen LogP contribution in [-0.2, 0) is 26.2 Å². The summed E-state index contributed by atoms with van der Waals surface area (Å²) < 4.78 is 34.8. The zero-order valence-corrected chi connectivity index (χ0v) is 25.3. The van der Waals surface area contributed by atoms with Gasteiger partial charge >= 0.3 is 0 Å². The Labute approximate surface area is 243 Å². The van der Waals surface area contributed by atoms with E-state index >= 15 is 0 Å². The molecule has 0 aliphatic heterocycles. The van der Waals surface area contributed by atoms with E-state index in [0.717, 1.165) is 19.9 Å². The molecule has 0 heterocycles. The molecule has 1 atom stereocenters. The van der Waals surface area contributed by atoms with Crippen LogP contribution in [0.4, 0.5) is 5.69 Å². The number of halogens is 2. The molecule has 0 saturated heterocycles. The van der Waals surface area contributed by atoms with Crippen molar-refractivity contribution in [1.29, 1.82) is 0 Å². The number of hydrogen-bond acceptors (Lipinski definition) is 5. The van der Waals surface area contributed by atoms with Crippen molar-refractivity contribution in [1.82, 2.24) is 10.2 Å². The maximum Gasteiger partial charge on any atom is 0.264 e. The predicted octanol–water partition coefficient (Wildman–Crippen LogP) is 5.17. The SMILES string of the molecule is CCNC(=O)[C@@H](C)N(Cc1cccc(Br)c1)C(=O)CN(c1ccc(OC)c(Cl)c1)S(=O)(=O)c1ccc(C)cc1. The largest absolute Gasteiger partial charge is 0.495 e. The van der Waals surface area contributed by atoms with Gasteiger partial charge in [0.05, 0.1) is 22.7 Å². The molecular formula is C28H31BrClN3O5S. The third kappa shape index (κ3) is 7.52. The molecule has 0 saturated carbocycles. The molecule has 0 bridgehead atoms. The van der Waals surface area contributed by atoms with Crippen molar-refractivity contribution in [2.75, 3.05) is 24.5 Å². The fourth-order valence-electron chi connectivity index (χ4n) is 3.91. The van der Waals surface area contributed by atoms with Crippen molar-refractivity contribution in [3.63, 3.8) is 0 Å². The number of hydrogen-bond donors (Lipinski definition) is 1. The summed E-state index contributed by atoms with van der Waals surface area (Å²) in [5.74, 6) is -0.543. The summed E-state index contributed by atoms with van der Waals surface area (Å²) in [6.07, 6.45) is 0. The summed E-state index contributed by atoms with van der Waals surface area (Å²) in [5.41, 5.74) is 1.84. The molecule has 11 heteroatoms. The molecule has 0 fully saturated rings. The molecule has 0 unspecified atom stereocenters. The van der Waals surface area contributed by atoms with E-state index in [4.69, 9.17) is 16.3 Å². The summed E-state index contributed by atoms with van der Waals surface area (Å²) in [5, 5.41) is 2.93. The van der Waals surface area contributed by atoms with Gasteiger partial charge in [-0.1, -0.05) is 57.4 Å². The number of carbonyl (C=O) groups is 2. The lowest BCUT2D eigenvalue weighted by molar-refractivity contribution is -0.139. The maximum atomic E-state index is 13.9. The molecule has 2 amide bonds. The topological polar surface area (TPSA) is 96.0 Å². The van der Waals surface area contributed by atoms with Gasteiger partial charge in [0.2, 0.25) is 11.8 Å². The highest BCUT2D eigenvalue weighted by Gasteiger charge is 2.32. The number of methoxy groups -OCH3 is 1. The van der Waals surface area contributed by atoms with Gasteiger partial charge in [-0.15, -0.1) is 0 Å². The standard InChI is InChI=1S/C28H31BrClN3O5S/c1-5-31-28(35)20(3)32(17-21-7-6-8-22(29)15-21)27(34)18-33(23-11-14-26(38-4)25(30)16-23)39(36,37)24-12-9-19(2)10-13-24/h6-16,20H,5,17-18H2,1-4H3,(H,31,35)/t20-/m1/s1. The van der Waals surface area contributed by atoms with Crippen LogP contribution in [0.5, 0.6) is 5.75 Å². The van der Waals surface area contributed by atoms with Crippen LogP contribution in [0.25, 0.3) is 0 Å². The van der Waals surface area contributed by atoms with E-state index in [-0.39, 0.29) is 28.1 Å². The number of nitrogens with zero attached hydrogens (tertiary/aromatic N) is 2.